The largest absolute Gasteiger partial charge is 0.480 e. The maximum Gasteiger partial charge on any atom is 0.320 e. The Balaban J connectivity index is 2.65. The van der Waals surface area contributed by atoms with Gasteiger partial charge in [-0.15, -0.1) is 0 Å². The predicted octanol–water partition coefficient (Wildman–Crippen LogP) is 2.50. The summed E-state index contributed by atoms with van der Waals surface area (Å²) in [6.07, 6.45) is 0.536. The first-order valence-electron chi connectivity index (χ1n) is 7.12. The second-order valence-corrected chi connectivity index (χ2v) is 5.90. The fourth-order valence-electron chi connectivity index (χ4n) is 2.11. The van der Waals surface area contributed by atoms with Crippen LogP contribution in [0.25, 0.3) is 0 Å². The summed E-state index contributed by atoms with van der Waals surface area (Å²) in [6, 6.07) is 8.39. The molecule has 0 amide bonds. The van der Waals surface area contributed by atoms with Crippen LogP contribution in [-0.2, 0) is 4.79 Å². The Kier molecular flexibility index (Phi) is 7.47. The molecule has 116 valence electrons. The van der Waals surface area contributed by atoms with Crippen molar-refractivity contribution in [2.45, 2.75) is 26.3 Å². The van der Waals surface area contributed by atoms with Crippen LogP contribution in [0, 0.1) is 11.8 Å². The number of rotatable bonds is 9. The van der Waals surface area contributed by atoms with Crippen LogP contribution in [0.1, 0.15) is 30.6 Å². The summed E-state index contributed by atoms with van der Waals surface area (Å²) in [4.78, 5) is 23.6. The lowest BCUT2D eigenvalue weighted by molar-refractivity contribution is -0.139. The smallest absolute Gasteiger partial charge is 0.320 e. The van der Waals surface area contributed by atoms with Crippen molar-refractivity contribution in [2.24, 2.45) is 11.8 Å². The first-order chi connectivity index (χ1) is 9.95. The van der Waals surface area contributed by atoms with Crippen LogP contribution in [0.5, 0.6) is 0 Å². The van der Waals surface area contributed by atoms with E-state index in [9.17, 15) is 14.7 Å². The van der Waals surface area contributed by atoms with Crippen LogP contribution in [0.2, 0.25) is 0 Å². The molecule has 0 heterocycles. The molecule has 0 saturated carbocycles. The molecular formula is C16H23NO3S. The molecule has 1 rings (SSSR count). The summed E-state index contributed by atoms with van der Waals surface area (Å²) in [5, 5.41) is 12.2. The first kappa shape index (κ1) is 17.7. The normalized spacial score (nSPS) is 13.9. The number of carboxylic acid groups (broad SMARTS) is 1. The molecule has 5 heteroatoms. The van der Waals surface area contributed by atoms with Crippen molar-refractivity contribution >= 4 is 24.4 Å². The third-order valence-electron chi connectivity index (χ3n) is 3.27. The van der Waals surface area contributed by atoms with E-state index in [0.717, 1.165) is 0 Å². The number of Topliss-reactive ketones (excluding diaryl/α,β-unsaturated/α-hetero) is 1. The van der Waals surface area contributed by atoms with Crippen LogP contribution in [0.15, 0.2) is 30.3 Å². The van der Waals surface area contributed by atoms with Gasteiger partial charge in [-0.05, 0) is 12.3 Å². The molecule has 0 spiro atoms. The molecule has 1 unspecified atom stereocenters. The molecule has 0 saturated heterocycles. The first-order valence-corrected chi connectivity index (χ1v) is 7.75. The average Bonchev–Trinajstić information content (AvgIpc) is 2.46. The molecule has 0 radical (unpaired) electrons. The van der Waals surface area contributed by atoms with Crippen LogP contribution in [0.3, 0.4) is 0 Å². The Morgan fingerprint density at radius 2 is 1.86 bits per heavy atom. The number of ketones is 1. The van der Waals surface area contributed by atoms with Crippen molar-refractivity contribution in [2.75, 3.05) is 12.3 Å². The number of carboxylic acids is 1. The van der Waals surface area contributed by atoms with E-state index in [1.807, 2.05) is 32.0 Å². The second-order valence-electron chi connectivity index (χ2n) is 5.54. The van der Waals surface area contributed by atoms with Gasteiger partial charge in [0.1, 0.15) is 6.04 Å². The Bertz CT molecular complexity index is 462. The van der Waals surface area contributed by atoms with Crippen molar-refractivity contribution in [3.8, 4) is 0 Å². The molecule has 0 bridgehead atoms. The minimum absolute atomic E-state index is 0.00761. The lowest BCUT2D eigenvalue weighted by atomic mass is 9.98. The molecule has 0 aliphatic heterocycles. The monoisotopic (exact) mass is 309 g/mol. The van der Waals surface area contributed by atoms with E-state index in [1.54, 1.807) is 12.1 Å². The fraction of sp³-hybridized carbons (Fsp3) is 0.500. The lowest BCUT2D eigenvalue weighted by Crippen LogP contribution is -2.42. The maximum atomic E-state index is 12.3. The van der Waals surface area contributed by atoms with Crippen molar-refractivity contribution in [1.29, 1.82) is 0 Å². The van der Waals surface area contributed by atoms with Gasteiger partial charge in [0, 0.05) is 23.8 Å². The molecule has 0 fully saturated rings. The number of nitrogens with one attached hydrogen (secondary N) is 1. The highest BCUT2D eigenvalue weighted by atomic mass is 32.1. The van der Waals surface area contributed by atoms with Gasteiger partial charge in [-0.2, -0.15) is 12.6 Å². The van der Waals surface area contributed by atoms with Crippen LogP contribution >= 0.6 is 12.6 Å². The molecule has 0 aliphatic carbocycles. The Morgan fingerprint density at radius 1 is 1.24 bits per heavy atom. The summed E-state index contributed by atoms with van der Waals surface area (Å²) in [5.41, 5.74) is 0.633. The number of aliphatic carboxylic acids is 1. The van der Waals surface area contributed by atoms with E-state index in [2.05, 4.69) is 17.9 Å². The van der Waals surface area contributed by atoms with Gasteiger partial charge in [-0.3, -0.25) is 9.59 Å². The van der Waals surface area contributed by atoms with Gasteiger partial charge in [0.15, 0.2) is 5.78 Å². The third-order valence-corrected chi connectivity index (χ3v) is 3.71. The topological polar surface area (TPSA) is 66.4 Å². The van der Waals surface area contributed by atoms with Crippen molar-refractivity contribution < 1.29 is 14.7 Å². The van der Waals surface area contributed by atoms with Gasteiger partial charge in [0.25, 0.3) is 0 Å². The van der Waals surface area contributed by atoms with Crippen molar-refractivity contribution in [3.05, 3.63) is 35.9 Å². The SMILES string of the molecule is CC(C)C[C@H](NCC(CS)C(=O)c1ccccc1)C(=O)O. The molecule has 21 heavy (non-hydrogen) atoms. The van der Waals surface area contributed by atoms with Gasteiger partial charge in [-0.25, -0.2) is 0 Å². The number of hydrogen-bond donors (Lipinski definition) is 3. The van der Waals surface area contributed by atoms with Crippen LogP contribution in [-0.4, -0.2) is 35.2 Å². The Hall–Kier alpha value is -1.33. The molecule has 0 aromatic heterocycles. The van der Waals surface area contributed by atoms with E-state index in [0.29, 0.717) is 24.3 Å². The standard InChI is InChI=1S/C16H23NO3S/c1-11(2)8-14(16(19)20)17-9-13(10-21)15(18)12-6-4-3-5-7-12/h3-7,11,13-14,17,21H,8-10H2,1-2H3,(H,19,20)/t13?,14-/m0/s1. The zero-order valence-corrected chi connectivity index (χ0v) is 13.3. The molecule has 1 aromatic carbocycles. The van der Waals surface area contributed by atoms with E-state index in [4.69, 9.17) is 0 Å². The van der Waals surface area contributed by atoms with Crippen LogP contribution < -0.4 is 5.32 Å². The Labute approximate surface area is 131 Å². The average molecular weight is 309 g/mol. The summed E-state index contributed by atoms with van der Waals surface area (Å²) in [6.45, 7) is 4.27. The van der Waals surface area contributed by atoms with E-state index >= 15 is 0 Å². The van der Waals surface area contributed by atoms with Gasteiger partial charge >= 0.3 is 5.97 Å². The molecule has 1 aromatic rings. The van der Waals surface area contributed by atoms with Gasteiger partial charge in [0.05, 0.1) is 0 Å². The highest BCUT2D eigenvalue weighted by molar-refractivity contribution is 7.80. The van der Waals surface area contributed by atoms with Gasteiger partial charge in [0.2, 0.25) is 0 Å². The molecule has 2 atom stereocenters. The number of carbonyl (C=O) groups excluding carboxylic acids is 1. The Morgan fingerprint density at radius 3 is 2.33 bits per heavy atom. The third kappa shape index (κ3) is 5.89. The van der Waals surface area contributed by atoms with E-state index in [-0.39, 0.29) is 17.6 Å². The quantitative estimate of drug-likeness (QED) is 0.484. The summed E-state index contributed by atoms with van der Waals surface area (Å²) < 4.78 is 0. The molecule has 2 N–H and O–H groups in total. The zero-order valence-electron chi connectivity index (χ0n) is 12.5. The van der Waals surface area contributed by atoms with Gasteiger partial charge in [-0.1, -0.05) is 44.2 Å². The summed E-state index contributed by atoms with van der Waals surface area (Å²) in [7, 11) is 0. The van der Waals surface area contributed by atoms with Crippen LogP contribution in [0.4, 0.5) is 0 Å². The minimum atomic E-state index is -0.881. The maximum absolute atomic E-state index is 12.3. The summed E-state index contributed by atoms with van der Waals surface area (Å²) >= 11 is 4.22. The summed E-state index contributed by atoms with van der Waals surface area (Å²) in [5.74, 6) is -0.558. The van der Waals surface area contributed by atoms with Gasteiger partial charge < -0.3 is 10.4 Å². The number of benzene rings is 1. The number of thiol groups is 1. The number of carbonyl (C=O) groups is 2. The van der Waals surface area contributed by atoms with E-state index in [1.165, 1.54) is 0 Å². The van der Waals surface area contributed by atoms with Crippen molar-refractivity contribution in [3.63, 3.8) is 0 Å². The number of hydrogen-bond acceptors (Lipinski definition) is 4. The fourth-order valence-corrected chi connectivity index (χ4v) is 2.40. The van der Waals surface area contributed by atoms with E-state index < -0.39 is 12.0 Å². The van der Waals surface area contributed by atoms with Crippen molar-refractivity contribution in [1.82, 2.24) is 5.32 Å². The highest BCUT2D eigenvalue weighted by Crippen LogP contribution is 2.11. The molecular weight excluding hydrogens is 286 g/mol. The predicted molar refractivity (Wildman–Crippen MR) is 87.0 cm³/mol. The highest BCUT2D eigenvalue weighted by Gasteiger charge is 2.23. The molecule has 4 nitrogen and oxygen atoms in total. The zero-order chi connectivity index (χ0) is 15.8. The second kappa shape index (κ2) is 8.85. The molecule has 0 aliphatic rings. The minimum Gasteiger partial charge on any atom is -0.480 e. The lowest BCUT2D eigenvalue weighted by Gasteiger charge is -2.20.